The van der Waals surface area contributed by atoms with Gasteiger partial charge in [-0.2, -0.15) is 24.9 Å². The highest BCUT2D eigenvalue weighted by molar-refractivity contribution is 8.00. The minimum Gasteiger partial charge on any atom is -0.308 e. The SMILES string of the molecule is CC1(CNC(CC(F)(F)F)c2ccccc2)CCCS1. The summed E-state index contributed by atoms with van der Waals surface area (Å²) in [6.07, 6.45) is -2.76. The smallest absolute Gasteiger partial charge is 0.308 e. The largest absolute Gasteiger partial charge is 0.390 e. The maximum atomic E-state index is 12.7. The van der Waals surface area contributed by atoms with Gasteiger partial charge >= 0.3 is 6.18 Å². The van der Waals surface area contributed by atoms with E-state index >= 15 is 0 Å². The Labute approximate surface area is 122 Å². The molecular weight excluding hydrogens is 283 g/mol. The van der Waals surface area contributed by atoms with Crippen molar-refractivity contribution in [2.45, 2.75) is 43.2 Å². The summed E-state index contributed by atoms with van der Waals surface area (Å²) in [5.74, 6) is 1.10. The molecule has 1 heterocycles. The summed E-state index contributed by atoms with van der Waals surface area (Å²) in [4.78, 5) is 0. The maximum absolute atomic E-state index is 12.7. The molecule has 0 spiro atoms. The van der Waals surface area contributed by atoms with Crippen LogP contribution < -0.4 is 5.32 Å². The first kappa shape index (κ1) is 15.7. The Balaban J connectivity index is 2.03. The van der Waals surface area contributed by atoms with Crippen LogP contribution in [-0.4, -0.2) is 23.2 Å². The summed E-state index contributed by atoms with van der Waals surface area (Å²) < 4.78 is 38.3. The Morgan fingerprint density at radius 1 is 1.30 bits per heavy atom. The molecule has 0 aliphatic carbocycles. The third-order valence-corrected chi connectivity index (χ3v) is 5.20. The molecule has 1 nitrogen and oxygen atoms in total. The summed E-state index contributed by atoms with van der Waals surface area (Å²) in [6, 6.07) is 8.25. The van der Waals surface area contributed by atoms with Crippen molar-refractivity contribution in [2.75, 3.05) is 12.3 Å². The van der Waals surface area contributed by atoms with Gasteiger partial charge in [0.2, 0.25) is 0 Å². The van der Waals surface area contributed by atoms with E-state index in [2.05, 4.69) is 12.2 Å². The number of thioether (sulfide) groups is 1. The predicted molar refractivity (Wildman–Crippen MR) is 78.0 cm³/mol. The van der Waals surface area contributed by atoms with Crippen LogP contribution in [0.1, 0.15) is 37.8 Å². The van der Waals surface area contributed by atoms with Crippen LogP contribution in [0.15, 0.2) is 30.3 Å². The van der Waals surface area contributed by atoms with Gasteiger partial charge in [-0.3, -0.25) is 0 Å². The summed E-state index contributed by atoms with van der Waals surface area (Å²) in [6.45, 7) is 2.75. The molecule has 2 atom stereocenters. The zero-order chi connectivity index (χ0) is 14.6. The molecule has 0 amide bonds. The zero-order valence-electron chi connectivity index (χ0n) is 11.5. The standard InChI is InChI=1S/C15H20F3NS/c1-14(8-5-9-20-14)11-19-13(10-15(16,17)18)12-6-3-2-4-7-12/h2-4,6-7,13,19H,5,8-11H2,1H3. The first-order valence-electron chi connectivity index (χ1n) is 6.87. The predicted octanol–water partition coefficient (Wildman–Crippen LogP) is 4.56. The molecule has 0 saturated carbocycles. The van der Waals surface area contributed by atoms with E-state index in [1.807, 2.05) is 17.8 Å². The van der Waals surface area contributed by atoms with E-state index in [9.17, 15) is 13.2 Å². The lowest BCUT2D eigenvalue weighted by molar-refractivity contribution is -0.140. The van der Waals surface area contributed by atoms with Gasteiger partial charge in [0.1, 0.15) is 0 Å². The van der Waals surface area contributed by atoms with E-state index in [0.717, 1.165) is 18.6 Å². The number of rotatable bonds is 5. The van der Waals surface area contributed by atoms with Crippen molar-refractivity contribution >= 4 is 11.8 Å². The highest BCUT2D eigenvalue weighted by atomic mass is 32.2. The van der Waals surface area contributed by atoms with Gasteiger partial charge in [0.15, 0.2) is 0 Å². The second-order valence-electron chi connectivity index (χ2n) is 5.57. The van der Waals surface area contributed by atoms with Gasteiger partial charge in [0, 0.05) is 17.3 Å². The van der Waals surface area contributed by atoms with Crippen LogP contribution in [0.2, 0.25) is 0 Å². The quantitative estimate of drug-likeness (QED) is 0.856. The Bertz CT molecular complexity index is 413. The first-order valence-corrected chi connectivity index (χ1v) is 7.86. The molecule has 1 aromatic carbocycles. The van der Waals surface area contributed by atoms with Crippen LogP contribution >= 0.6 is 11.8 Å². The molecule has 2 unspecified atom stereocenters. The Kier molecular flexibility index (Phi) is 5.02. The van der Waals surface area contributed by atoms with Crippen LogP contribution in [0.4, 0.5) is 13.2 Å². The number of nitrogens with one attached hydrogen (secondary N) is 1. The van der Waals surface area contributed by atoms with Crippen molar-refractivity contribution in [2.24, 2.45) is 0 Å². The molecule has 1 saturated heterocycles. The van der Waals surface area contributed by atoms with Crippen molar-refractivity contribution in [1.82, 2.24) is 5.32 Å². The number of hydrogen-bond donors (Lipinski definition) is 1. The second-order valence-corrected chi connectivity index (χ2v) is 7.25. The monoisotopic (exact) mass is 303 g/mol. The molecule has 1 aliphatic heterocycles. The molecule has 2 rings (SSSR count). The normalized spacial score (nSPS) is 24.8. The molecule has 1 fully saturated rings. The topological polar surface area (TPSA) is 12.0 Å². The van der Waals surface area contributed by atoms with Crippen LogP contribution in [0.5, 0.6) is 0 Å². The molecule has 0 aromatic heterocycles. The molecule has 1 aliphatic rings. The Hall–Kier alpha value is -0.680. The number of halogens is 3. The molecule has 1 aromatic rings. The van der Waals surface area contributed by atoms with Crippen molar-refractivity contribution in [1.29, 1.82) is 0 Å². The van der Waals surface area contributed by atoms with Crippen LogP contribution in [-0.2, 0) is 0 Å². The summed E-state index contributed by atoms with van der Waals surface area (Å²) >= 11 is 1.86. The fourth-order valence-electron chi connectivity index (χ4n) is 2.54. The molecule has 5 heteroatoms. The first-order chi connectivity index (χ1) is 9.38. The van der Waals surface area contributed by atoms with E-state index in [-0.39, 0.29) is 4.75 Å². The van der Waals surface area contributed by atoms with Gasteiger partial charge in [-0.1, -0.05) is 30.3 Å². The maximum Gasteiger partial charge on any atom is 0.390 e. The van der Waals surface area contributed by atoms with Gasteiger partial charge in [-0.15, -0.1) is 0 Å². The lowest BCUT2D eigenvalue weighted by Gasteiger charge is -2.28. The van der Waals surface area contributed by atoms with Crippen molar-refractivity contribution in [3.8, 4) is 0 Å². The minimum atomic E-state index is -4.16. The summed E-state index contributed by atoms with van der Waals surface area (Å²) in [5.41, 5.74) is 0.705. The molecule has 20 heavy (non-hydrogen) atoms. The molecule has 112 valence electrons. The van der Waals surface area contributed by atoms with Gasteiger partial charge < -0.3 is 5.32 Å². The van der Waals surface area contributed by atoms with Crippen LogP contribution in [0.25, 0.3) is 0 Å². The number of benzene rings is 1. The van der Waals surface area contributed by atoms with Gasteiger partial charge in [-0.05, 0) is 31.1 Å². The van der Waals surface area contributed by atoms with E-state index in [1.165, 1.54) is 0 Å². The third kappa shape index (κ3) is 4.70. The average Bonchev–Trinajstić information content (AvgIpc) is 2.82. The minimum absolute atomic E-state index is 0.0681. The molecule has 0 radical (unpaired) electrons. The van der Waals surface area contributed by atoms with Crippen LogP contribution in [0, 0.1) is 0 Å². The second kappa shape index (κ2) is 6.39. The highest BCUT2D eigenvalue weighted by Crippen LogP contribution is 2.38. The number of hydrogen-bond acceptors (Lipinski definition) is 2. The zero-order valence-corrected chi connectivity index (χ0v) is 12.4. The van der Waals surface area contributed by atoms with Gasteiger partial charge in [0.05, 0.1) is 6.42 Å². The summed E-state index contributed by atoms with van der Waals surface area (Å²) in [7, 11) is 0. The third-order valence-electron chi connectivity index (χ3n) is 3.66. The van der Waals surface area contributed by atoms with Crippen molar-refractivity contribution in [3.63, 3.8) is 0 Å². The van der Waals surface area contributed by atoms with Crippen molar-refractivity contribution < 1.29 is 13.2 Å². The lowest BCUT2D eigenvalue weighted by atomic mass is 10.0. The van der Waals surface area contributed by atoms with E-state index in [0.29, 0.717) is 12.1 Å². The molecule has 1 N–H and O–H groups in total. The van der Waals surface area contributed by atoms with Crippen LogP contribution in [0.3, 0.4) is 0 Å². The van der Waals surface area contributed by atoms with Gasteiger partial charge in [0.25, 0.3) is 0 Å². The van der Waals surface area contributed by atoms with Gasteiger partial charge in [-0.25, -0.2) is 0 Å². The van der Waals surface area contributed by atoms with Crippen molar-refractivity contribution in [3.05, 3.63) is 35.9 Å². The fraction of sp³-hybridized carbons (Fsp3) is 0.600. The fourth-order valence-corrected chi connectivity index (χ4v) is 3.80. The average molecular weight is 303 g/mol. The lowest BCUT2D eigenvalue weighted by Crippen LogP contribution is -2.37. The number of alkyl halides is 3. The molecular formula is C15H20F3NS. The summed E-state index contributed by atoms with van der Waals surface area (Å²) in [5, 5.41) is 3.13. The highest BCUT2D eigenvalue weighted by Gasteiger charge is 2.35. The Morgan fingerprint density at radius 3 is 2.55 bits per heavy atom. The van der Waals surface area contributed by atoms with E-state index in [4.69, 9.17) is 0 Å². The van der Waals surface area contributed by atoms with E-state index in [1.54, 1.807) is 24.3 Å². The van der Waals surface area contributed by atoms with E-state index < -0.39 is 18.6 Å². The molecule has 0 bridgehead atoms. The Morgan fingerprint density at radius 2 is 2.00 bits per heavy atom.